The van der Waals surface area contributed by atoms with Crippen LogP contribution in [0.3, 0.4) is 0 Å². The molecule has 34 heavy (non-hydrogen) atoms. The van der Waals surface area contributed by atoms with Crippen molar-refractivity contribution >= 4 is 33.2 Å². The quantitative estimate of drug-likeness (QED) is 0.397. The summed E-state index contributed by atoms with van der Waals surface area (Å²) in [7, 11) is -4.15. The molecule has 1 atom stereocenters. The van der Waals surface area contributed by atoms with E-state index < -0.39 is 22.0 Å². The highest BCUT2D eigenvalue weighted by atomic mass is 35.5. The summed E-state index contributed by atoms with van der Waals surface area (Å²) in [6, 6.07) is 19.3. The second-order valence-electron chi connectivity index (χ2n) is 7.33. The van der Waals surface area contributed by atoms with Gasteiger partial charge in [0.15, 0.2) is 0 Å². The van der Waals surface area contributed by atoms with Crippen molar-refractivity contribution in [2.24, 2.45) is 0 Å². The number of amides is 1. The molecule has 3 aromatic carbocycles. The fourth-order valence-electron chi connectivity index (χ4n) is 3.29. The smallest absolute Gasteiger partial charge is 0.245 e. The molecular weight excluding hydrogens is 476 g/mol. The van der Waals surface area contributed by atoms with E-state index in [9.17, 15) is 13.2 Å². The Hall–Kier alpha value is -3.07. The Morgan fingerprint density at radius 1 is 0.941 bits per heavy atom. The van der Waals surface area contributed by atoms with Crippen molar-refractivity contribution in [3.63, 3.8) is 0 Å². The Bertz CT molecular complexity index is 1200. The molecule has 0 aliphatic rings. The Kier molecular flexibility index (Phi) is 8.92. The number of rotatable bonds is 11. The van der Waals surface area contributed by atoms with Gasteiger partial charge in [0.1, 0.15) is 22.4 Å². The van der Waals surface area contributed by atoms with Gasteiger partial charge in [0.2, 0.25) is 15.9 Å². The Morgan fingerprint density at radius 3 is 2.26 bits per heavy atom. The van der Waals surface area contributed by atoms with Crippen LogP contribution < -0.4 is 19.5 Å². The van der Waals surface area contributed by atoms with Crippen molar-refractivity contribution in [2.75, 3.05) is 18.5 Å². The predicted octanol–water partition coefficient (Wildman–Crippen LogP) is 4.67. The molecule has 1 unspecified atom stereocenters. The van der Waals surface area contributed by atoms with E-state index in [1.165, 1.54) is 12.1 Å². The van der Waals surface area contributed by atoms with Crippen LogP contribution in [0.1, 0.15) is 19.4 Å². The van der Waals surface area contributed by atoms with Crippen LogP contribution in [0, 0.1) is 0 Å². The molecule has 0 fully saturated rings. The number of sulfonamides is 1. The summed E-state index contributed by atoms with van der Waals surface area (Å²) in [6.45, 7) is 4.43. The Balaban J connectivity index is 1.88. The van der Waals surface area contributed by atoms with Crippen LogP contribution in [0.25, 0.3) is 0 Å². The van der Waals surface area contributed by atoms with Crippen LogP contribution >= 0.6 is 11.6 Å². The lowest BCUT2D eigenvalue weighted by Gasteiger charge is -2.20. The lowest BCUT2D eigenvalue weighted by molar-refractivity contribution is -0.117. The van der Waals surface area contributed by atoms with Gasteiger partial charge in [-0.05, 0) is 68.3 Å². The molecule has 0 saturated heterocycles. The highest BCUT2D eigenvalue weighted by molar-refractivity contribution is 7.89. The Morgan fingerprint density at radius 2 is 1.62 bits per heavy atom. The minimum absolute atomic E-state index is 0.131. The third-order valence-electron chi connectivity index (χ3n) is 4.82. The number of carbonyl (C=O) groups is 1. The number of benzene rings is 3. The average Bonchev–Trinajstić information content (AvgIpc) is 2.82. The second-order valence-corrected chi connectivity index (χ2v) is 9.45. The first-order chi connectivity index (χ1) is 16.3. The third-order valence-corrected chi connectivity index (χ3v) is 6.55. The standard InChI is InChI=1S/C25H27ClN2O5S/c1-3-32-21-13-11-20(12-14-21)27-25(29)22(16-18-8-6-5-7-9-18)28-34(30,31)24-17-19(26)10-15-23(24)33-4-2/h5-15,17,22,28H,3-4,16H2,1-2H3,(H,27,29). The van der Waals surface area contributed by atoms with Crippen LogP contribution in [0.15, 0.2) is 77.7 Å². The van der Waals surface area contributed by atoms with Gasteiger partial charge in [0.05, 0.1) is 13.2 Å². The minimum Gasteiger partial charge on any atom is -0.494 e. The maximum atomic E-state index is 13.3. The topological polar surface area (TPSA) is 93.7 Å². The van der Waals surface area contributed by atoms with E-state index in [2.05, 4.69) is 10.0 Å². The molecule has 0 spiro atoms. The first kappa shape index (κ1) is 25.6. The summed E-state index contributed by atoms with van der Waals surface area (Å²) in [4.78, 5) is 13.1. The molecule has 0 bridgehead atoms. The maximum absolute atomic E-state index is 13.3. The minimum atomic E-state index is -4.15. The van der Waals surface area contributed by atoms with Gasteiger partial charge in [-0.2, -0.15) is 4.72 Å². The number of hydrogen-bond donors (Lipinski definition) is 2. The van der Waals surface area contributed by atoms with Gasteiger partial charge in [-0.1, -0.05) is 41.9 Å². The Labute approximate surface area is 205 Å². The molecule has 0 aliphatic carbocycles. The van der Waals surface area contributed by atoms with E-state index in [-0.39, 0.29) is 28.7 Å². The van der Waals surface area contributed by atoms with Gasteiger partial charge < -0.3 is 14.8 Å². The van der Waals surface area contributed by atoms with Crippen LogP contribution in [0.5, 0.6) is 11.5 Å². The number of hydrogen-bond acceptors (Lipinski definition) is 5. The summed E-state index contributed by atoms with van der Waals surface area (Å²) >= 11 is 6.06. The number of nitrogens with one attached hydrogen (secondary N) is 2. The molecule has 1 amide bonds. The van der Waals surface area contributed by atoms with Crippen LogP contribution in [0.2, 0.25) is 5.02 Å². The normalized spacial score (nSPS) is 12.1. The molecule has 2 N–H and O–H groups in total. The molecule has 3 rings (SSSR count). The number of ether oxygens (including phenoxy) is 2. The first-order valence-corrected chi connectivity index (χ1v) is 12.7. The van der Waals surface area contributed by atoms with E-state index in [4.69, 9.17) is 21.1 Å². The van der Waals surface area contributed by atoms with Crippen LogP contribution in [-0.2, 0) is 21.2 Å². The largest absolute Gasteiger partial charge is 0.494 e. The fraction of sp³-hybridized carbons (Fsp3) is 0.240. The van der Waals surface area contributed by atoms with Gasteiger partial charge in [-0.25, -0.2) is 8.42 Å². The highest BCUT2D eigenvalue weighted by Gasteiger charge is 2.28. The second kappa shape index (κ2) is 11.9. The van der Waals surface area contributed by atoms with Gasteiger partial charge >= 0.3 is 0 Å². The summed E-state index contributed by atoms with van der Waals surface area (Å²) in [5.74, 6) is 0.327. The van der Waals surface area contributed by atoms with Gasteiger partial charge in [-0.15, -0.1) is 0 Å². The maximum Gasteiger partial charge on any atom is 0.245 e. The third kappa shape index (κ3) is 6.96. The van der Waals surface area contributed by atoms with Crippen molar-refractivity contribution in [3.05, 3.63) is 83.4 Å². The summed E-state index contributed by atoms with van der Waals surface area (Å²) in [5.41, 5.74) is 1.32. The molecule has 3 aromatic rings. The molecular formula is C25H27ClN2O5S. The number of anilines is 1. The van der Waals surface area contributed by atoms with Gasteiger partial charge in [0, 0.05) is 10.7 Å². The van der Waals surface area contributed by atoms with E-state index in [1.807, 2.05) is 37.3 Å². The summed E-state index contributed by atoms with van der Waals surface area (Å²) in [5, 5.41) is 3.02. The SMILES string of the molecule is CCOc1ccc(NC(=O)C(Cc2ccccc2)NS(=O)(=O)c2cc(Cl)ccc2OCC)cc1. The zero-order valence-corrected chi connectivity index (χ0v) is 20.5. The van der Waals surface area contributed by atoms with Crippen LogP contribution in [0.4, 0.5) is 5.69 Å². The molecule has 0 aliphatic heterocycles. The van der Waals surface area contributed by atoms with Crippen molar-refractivity contribution in [1.82, 2.24) is 4.72 Å². The van der Waals surface area contributed by atoms with E-state index in [0.717, 1.165) is 5.56 Å². The molecule has 0 heterocycles. The zero-order valence-electron chi connectivity index (χ0n) is 19.0. The van der Waals surface area contributed by atoms with Crippen LogP contribution in [-0.4, -0.2) is 33.6 Å². The monoisotopic (exact) mass is 502 g/mol. The molecule has 9 heteroatoms. The summed E-state index contributed by atoms with van der Waals surface area (Å²) < 4.78 is 40.0. The molecule has 180 valence electrons. The van der Waals surface area contributed by atoms with Crippen molar-refractivity contribution in [2.45, 2.75) is 31.2 Å². The molecule has 7 nitrogen and oxygen atoms in total. The molecule has 0 saturated carbocycles. The number of carbonyl (C=O) groups excluding carboxylic acids is 1. The lowest BCUT2D eigenvalue weighted by Crippen LogP contribution is -2.45. The van der Waals surface area contributed by atoms with E-state index in [0.29, 0.717) is 18.0 Å². The zero-order chi connectivity index (χ0) is 24.6. The molecule has 0 aromatic heterocycles. The predicted molar refractivity (Wildman–Crippen MR) is 133 cm³/mol. The highest BCUT2D eigenvalue weighted by Crippen LogP contribution is 2.28. The molecule has 0 radical (unpaired) electrons. The van der Waals surface area contributed by atoms with E-state index in [1.54, 1.807) is 37.3 Å². The van der Waals surface area contributed by atoms with Gasteiger partial charge in [-0.3, -0.25) is 4.79 Å². The first-order valence-electron chi connectivity index (χ1n) is 10.8. The summed E-state index contributed by atoms with van der Waals surface area (Å²) in [6.07, 6.45) is 0.146. The average molecular weight is 503 g/mol. The van der Waals surface area contributed by atoms with Crippen molar-refractivity contribution in [3.8, 4) is 11.5 Å². The van der Waals surface area contributed by atoms with Crippen molar-refractivity contribution < 1.29 is 22.7 Å². The number of halogens is 1. The van der Waals surface area contributed by atoms with Crippen molar-refractivity contribution in [1.29, 1.82) is 0 Å². The van der Waals surface area contributed by atoms with Gasteiger partial charge in [0.25, 0.3) is 0 Å². The van der Waals surface area contributed by atoms with E-state index >= 15 is 0 Å². The fourth-order valence-corrected chi connectivity index (χ4v) is 4.89. The lowest BCUT2D eigenvalue weighted by atomic mass is 10.1.